The fourth-order valence-corrected chi connectivity index (χ4v) is 1.90. The van der Waals surface area contributed by atoms with Crippen molar-refractivity contribution in [2.24, 2.45) is 0 Å². The zero-order valence-electron chi connectivity index (χ0n) is 11.1. The molecule has 0 aliphatic rings. The molecule has 0 fully saturated rings. The van der Waals surface area contributed by atoms with Crippen molar-refractivity contribution in [1.82, 2.24) is 5.32 Å². The second-order valence-electron chi connectivity index (χ2n) is 4.26. The monoisotopic (exact) mass is 305 g/mol. The van der Waals surface area contributed by atoms with Crippen LogP contribution in [-0.4, -0.2) is 17.0 Å². The number of amides is 1. The molecule has 1 amide bonds. The van der Waals surface area contributed by atoms with Crippen LogP contribution in [0.1, 0.15) is 12.7 Å². The summed E-state index contributed by atoms with van der Waals surface area (Å²) in [5.41, 5.74) is 0.521. The van der Waals surface area contributed by atoms with E-state index in [1.165, 1.54) is 13.0 Å². The van der Waals surface area contributed by atoms with Crippen LogP contribution in [0.15, 0.2) is 46.5 Å². The number of carbonyl (C=O) groups excluding carboxylic acids is 1. The lowest BCUT2D eigenvalue weighted by molar-refractivity contribution is -0.134. The molecule has 0 saturated carbocycles. The number of nitrogens with one attached hydrogen (secondary N) is 1. The molecule has 1 aromatic carbocycles. The zero-order chi connectivity index (χ0) is 15.4. The van der Waals surface area contributed by atoms with E-state index in [0.29, 0.717) is 16.5 Å². The molecule has 6 heteroatoms. The molecule has 0 bridgehead atoms. The zero-order valence-corrected chi connectivity index (χ0v) is 11.8. The van der Waals surface area contributed by atoms with E-state index < -0.39 is 11.9 Å². The number of rotatable bonds is 4. The molecule has 2 rings (SSSR count). The van der Waals surface area contributed by atoms with Gasteiger partial charge in [0, 0.05) is 23.6 Å². The maximum absolute atomic E-state index is 11.0. The molecule has 1 heterocycles. The number of aliphatic carboxylic acids is 1. The first kappa shape index (κ1) is 14.9. The molecule has 2 N–H and O–H groups in total. The fraction of sp³-hybridized carbons (Fsp3) is 0.0667. The predicted molar refractivity (Wildman–Crippen MR) is 78.6 cm³/mol. The van der Waals surface area contributed by atoms with Crippen molar-refractivity contribution in [2.45, 2.75) is 6.92 Å². The largest absolute Gasteiger partial charge is 0.477 e. The van der Waals surface area contributed by atoms with E-state index in [0.717, 1.165) is 5.56 Å². The number of carboxylic acids is 1. The van der Waals surface area contributed by atoms with Gasteiger partial charge in [-0.3, -0.25) is 4.79 Å². The van der Waals surface area contributed by atoms with Crippen molar-refractivity contribution in [1.29, 1.82) is 0 Å². The van der Waals surface area contributed by atoms with E-state index in [9.17, 15) is 9.59 Å². The highest BCUT2D eigenvalue weighted by atomic mass is 35.5. The Balaban J connectivity index is 2.30. The molecule has 1 aromatic heterocycles. The molecule has 0 aliphatic carbocycles. The van der Waals surface area contributed by atoms with Gasteiger partial charge in [-0.25, -0.2) is 4.79 Å². The Morgan fingerprint density at radius 2 is 2.05 bits per heavy atom. The summed E-state index contributed by atoms with van der Waals surface area (Å²) >= 11 is 5.91. The van der Waals surface area contributed by atoms with Crippen LogP contribution in [0.3, 0.4) is 0 Å². The molecule has 0 unspecified atom stereocenters. The third-order valence-electron chi connectivity index (χ3n) is 2.56. The van der Waals surface area contributed by atoms with E-state index in [4.69, 9.17) is 21.1 Å². The lowest BCUT2D eigenvalue weighted by atomic mass is 10.2. The van der Waals surface area contributed by atoms with Gasteiger partial charge < -0.3 is 14.8 Å². The number of carboxylic acid groups (broad SMARTS) is 1. The molecule has 0 atom stereocenters. The number of hydrogen-bond acceptors (Lipinski definition) is 3. The van der Waals surface area contributed by atoms with Crippen LogP contribution < -0.4 is 5.32 Å². The van der Waals surface area contributed by atoms with Crippen LogP contribution in [0.2, 0.25) is 5.02 Å². The predicted octanol–water partition coefficient (Wildman–Crippen LogP) is 3.16. The van der Waals surface area contributed by atoms with Gasteiger partial charge in [-0.2, -0.15) is 0 Å². The third kappa shape index (κ3) is 3.97. The Bertz CT molecular complexity index is 718. The normalized spacial score (nSPS) is 11.2. The molecule has 108 valence electrons. The maximum Gasteiger partial charge on any atom is 0.352 e. The number of halogens is 1. The highest BCUT2D eigenvalue weighted by Gasteiger charge is 2.11. The summed E-state index contributed by atoms with van der Waals surface area (Å²) in [6.45, 7) is 1.23. The number of hydrogen-bond donors (Lipinski definition) is 2. The van der Waals surface area contributed by atoms with Gasteiger partial charge in [0.05, 0.1) is 0 Å². The summed E-state index contributed by atoms with van der Waals surface area (Å²) in [7, 11) is 0. The quantitative estimate of drug-likeness (QED) is 0.850. The standard InChI is InChI=1S/C15H12ClNO4/c1-9(18)17-13(15(19)20)8-12-5-6-14(21-12)10-3-2-4-11(16)7-10/h2-8H,1H3,(H,17,18)(H,19,20)/b13-8+. The van der Waals surface area contributed by atoms with Gasteiger partial charge in [-0.05, 0) is 24.3 Å². The average Bonchev–Trinajstić information content (AvgIpc) is 2.86. The molecule has 2 aromatic rings. The van der Waals surface area contributed by atoms with Crippen molar-refractivity contribution in [3.05, 3.63) is 52.9 Å². The third-order valence-corrected chi connectivity index (χ3v) is 2.80. The lowest BCUT2D eigenvalue weighted by Crippen LogP contribution is -2.24. The van der Waals surface area contributed by atoms with Crippen LogP contribution >= 0.6 is 11.6 Å². The van der Waals surface area contributed by atoms with Gasteiger partial charge in [0.15, 0.2) is 0 Å². The van der Waals surface area contributed by atoms with E-state index in [1.54, 1.807) is 30.3 Å². The summed E-state index contributed by atoms with van der Waals surface area (Å²) in [6, 6.07) is 10.4. The van der Waals surface area contributed by atoms with Crippen LogP contribution in [0.25, 0.3) is 17.4 Å². The van der Waals surface area contributed by atoms with Crippen molar-refractivity contribution in [2.75, 3.05) is 0 Å². The van der Waals surface area contributed by atoms with Crippen molar-refractivity contribution >= 4 is 29.6 Å². The minimum atomic E-state index is -1.24. The Labute approximate surface area is 125 Å². The second-order valence-corrected chi connectivity index (χ2v) is 4.69. The molecule has 0 saturated heterocycles. The lowest BCUT2D eigenvalue weighted by Gasteiger charge is -2.01. The first-order valence-corrected chi connectivity index (χ1v) is 6.42. The highest BCUT2D eigenvalue weighted by Crippen LogP contribution is 2.25. The Kier molecular flexibility index (Phi) is 4.45. The average molecular weight is 306 g/mol. The van der Waals surface area contributed by atoms with Crippen molar-refractivity contribution in [3.63, 3.8) is 0 Å². The van der Waals surface area contributed by atoms with Crippen molar-refractivity contribution in [3.8, 4) is 11.3 Å². The van der Waals surface area contributed by atoms with E-state index in [1.807, 2.05) is 6.07 Å². The fourth-order valence-electron chi connectivity index (χ4n) is 1.71. The summed E-state index contributed by atoms with van der Waals surface area (Å²) in [5.74, 6) is -0.844. The molecular weight excluding hydrogens is 294 g/mol. The van der Waals surface area contributed by atoms with Crippen LogP contribution in [0.5, 0.6) is 0 Å². The van der Waals surface area contributed by atoms with Gasteiger partial charge in [0.25, 0.3) is 0 Å². The molecule has 0 aliphatic heterocycles. The maximum atomic E-state index is 11.0. The van der Waals surface area contributed by atoms with E-state index in [2.05, 4.69) is 5.32 Å². The molecular formula is C15H12ClNO4. The van der Waals surface area contributed by atoms with Gasteiger partial charge in [0.2, 0.25) is 5.91 Å². The number of carbonyl (C=O) groups is 2. The van der Waals surface area contributed by atoms with E-state index in [-0.39, 0.29) is 5.70 Å². The molecule has 0 radical (unpaired) electrons. The SMILES string of the molecule is CC(=O)N/C(=C/c1ccc(-c2cccc(Cl)c2)o1)C(=O)O. The molecule has 5 nitrogen and oxygen atoms in total. The number of benzene rings is 1. The summed E-state index contributed by atoms with van der Waals surface area (Å²) in [5, 5.41) is 11.8. The van der Waals surface area contributed by atoms with Crippen LogP contribution in [-0.2, 0) is 9.59 Å². The Morgan fingerprint density at radius 3 is 2.67 bits per heavy atom. The summed E-state index contributed by atoms with van der Waals surface area (Å²) in [4.78, 5) is 22.0. The smallest absolute Gasteiger partial charge is 0.352 e. The topological polar surface area (TPSA) is 79.5 Å². The van der Waals surface area contributed by atoms with Crippen LogP contribution in [0.4, 0.5) is 0 Å². The number of furan rings is 1. The first-order valence-electron chi connectivity index (χ1n) is 6.04. The van der Waals surface area contributed by atoms with Gasteiger partial charge in [-0.15, -0.1) is 0 Å². The Morgan fingerprint density at radius 1 is 1.29 bits per heavy atom. The van der Waals surface area contributed by atoms with Crippen LogP contribution in [0, 0.1) is 0 Å². The first-order chi connectivity index (χ1) is 9.95. The molecule has 21 heavy (non-hydrogen) atoms. The minimum absolute atomic E-state index is 0.255. The van der Waals surface area contributed by atoms with Gasteiger partial charge in [-0.1, -0.05) is 23.7 Å². The van der Waals surface area contributed by atoms with E-state index >= 15 is 0 Å². The van der Waals surface area contributed by atoms with Gasteiger partial charge in [0.1, 0.15) is 17.2 Å². The highest BCUT2D eigenvalue weighted by molar-refractivity contribution is 6.30. The second kappa shape index (κ2) is 6.28. The minimum Gasteiger partial charge on any atom is -0.477 e. The van der Waals surface area contributed by atoms with Crippen molar-refractivity contribution < 1.29 is 19.1 Å². The van der Waals surface area contributed by atoms with Gasteiger partial charge >= 0.3 is 5.97 Å². The molecule has 0 spiro atoms. The Hall–Kier alpha value is -2.53. The summed E-state index contributed by atoms with van der Waals surface area (Å²) in [6.07, 6.45) is 1.25. The summed E-state index contributed by atoms with van der Waals surface area (Å²) < 4.78 is 5.54.